The van der Waals surface area contributed by atoms with E-state index in [1.807, 2.05) is 48.2 Å². The standard InChI is InChI=1S/C40H46F3N7O4/c1-2-5-37(38(52)45-28-51)50-27-30-24-32(10-13-35(30)39(50)53)48-17-15-46(16-18-48)14-3-4-23-54-34-11-8-31(9-12-34)47-19-21-49(22-20-47)33-7-6-29(26-44)36(25-33)40(41,42)43/h6-13,24-25,28,37H,2-5,14-23,27H2,1H3,(H,45,51,52). The number of benzene rings is 3. The van der Waals surface area contributed by atoms with Crippen LogP contribution in [0.4, 0.5) is 30.2 Å². The first-order chi connectivity index (χ1) is 26.1. The van der Waals surface area contributed by atoms with E-state index in [9.17, 15) is 27.6 Å². The molecule has 3 aliphatic rings. The zero-order valence-electron chi connectivity index (χ0n) is 30.5. The van der Waals surface area contributed by atoms with Gasteiger partial charge in [0.05, 0.1) is 23.8 Å². The van der Waals surface area contributed by atoms with Crippen LogP contribution in [0.25, 0.3) is 0 Å². The number of unbranched alkanes of at least 4 members (excludes halogenated alkanes) is 1. The van der Waals surface area contributed by atoms with Crippen molar-refractivity contribution >= 4 is 35.3 Å². The van der Waals surface area contributed by atoms with Crippen molar-refractivity contribution in [3.63, 3.8) is 0 Å². The van der Waals surface area contributed by atoms with Gasteiger partial charge in [0.2, 0.25) is 12.3 Å². The minimum absolute atomic E-state index is 0.174. The van der Waals surface area contributed by atoms with Gasteiger partial charge in [0.15, 0.2) is 0 Å². The highest BCUT2D eigenvalue weighted by atomic mass is 19.4. The molecule has 3 aromatic rings. The van der Waals surface area contributed by atoms with Crippen LogP contribution in [0.2, 0.25) is 0 Å². The van der Waals surface area contributed by atoms with Gasteiger partial charge < -0.3 is 24.3 Å². The van der Waals surface area contributed by atoms with Crippen LogP contribution >= 0.6 is 0 Å². The number of piperazine rings is 2. The summed E-state index contributed by atoms with van der Waals surface area (Å²) in [6, 6.07) is 18.7. The molecular formula is C40H46F3N7O4. The number of carbonyl (C=O) groups excluding carboxylic acids is 3. The van der Waals surface area contributed by atoms with Crippen molar-refractivity contribution in [2.24, 2.45) is 0 Å². The number of ether oxygens (including phenoxy) is 1. The molecule has 0 saturated carbocycles. The highest BCUT2D eigenvalue weighted by Gasteiger charge is 2.37. The maximum atomic E-state index is 13.4. The number of imide groups is 1. The number of halogens is 3. The molecule has 11 nitrogen and oxygen atoms in total. The molecule has 2 fully saturated rings. The quantitative estimate of drug-likeness (QED) is 0.174. The monoisotopic (exact) mass is 745 g/mol. The van der Waals surface area contributed by atoms with Crippen LogP contribution < -0.4 is 24.8 Å². The lowest BCUT2D eigenvalue weighted by Crippen LogP contribution is -2.46. The maximum Gasteiger partial charge on any atom is 0.417 e. The molecule has 1 atom stereocenters. The Kier molecular flexibility index (Phi) is 12.3. The van der Waals surface area contributed by atoms with E-state index < -0.39 is 23.7 Å². The molecule has 0 radical (unpaired) electrons. The molecule has 1 N–H and O–H groups in total. The Morgan fingerprint density at radius 2 is 1.50 bits per heavy atom. The van der Waals surface area contributed by atoms with Gasteiger partial charge in [-0.15, -0.1) is 0 Å². The number of amides is 3. The second-order valence-electron chi connectivity index (χ2n) is 13.9. The minimum Gasteiger partial charge on any atom is -0.494 e. The summed E-state index contributed by atoms with van der Waals surface area (Å²) in [6.45, 7) is 9.98. The molecule has 2 saturated heterocycles. The number of hydrogen-bond acceptors (Lipinski definition) is 9. The van der Waals surface area contributed by atoms with Gasteiger partial charge in [0, 0.05) is 81.5 Å². The summed E-state index contributed by atoms with van der Waals surface area (Å²) in [6.07, 6.45) is -1.07. The lowest BCUT2D eigenvalue weighted by Gasteiger charge is -2.37. The van der Waals surface area contributed by atoms with Gasteiger partial charge in [-0.2, -0.15) is 18.4 Å². The van der Waals surface area contributed by atoms with E-state index in [-0.39, 0.29) is 11.5 Å². The van der Waals surface area contributed by atoms with Gasteiger partial charge in [-0.1, -0.05) is 13.3 Å². The Balaban J connectivity index is 0.890. The number of alkyl halides is 3. The zero-order valence-corrected chi connectivity index (χ0v) is 30.5. The van der Waals surface area contributed by atoms with Crippen molar-refractivity contribution in [1.82, 2.24) is 15.1 Å². The second-order valence-corrected chi connectivity index (χ2v) is 13.9. The Bertz CT molecular complexity index is 1830. The third-order valence-corrected chi connectivity index (χ3v) is 10.5. The Morgan fingerprint density at radius 1 is 0.889 bits per heavy atom. The molecule has 0 aromatic heterocycles. The summed E-state index contributed by atoms with van der Waals surface area (Å²) < 4.78 is 46.3. The first kappa shape index (κ1) is 38.4. The molecule has 286 valence electrons. The summed E-state index contributed by atoms with van der Waals surface area (Å²) in [7, 11) is 0. The molecular weight excluding hydrogens is 699 g/mol. The number of carbonyl (C=O) groups is 3. The number of anilines is 3. The van der Waals surface area contributed by atoms with E-state index in [0.717, 1.165) is 74.3 Å². The molecule has 3 aromatic carbocycles. The van der Waals surface area contributed by atoms with E-state index in [2.05, 4.69) is 26.1 Å². The van der Waals surface area contributed by atoms with E-state index in [1.165, 1.54) is 6.07 Å². The summed E-state index contributed by atoms with van der Waals surface area (Å²) in [5.74, 6) is 0.175. The first-order valence-corrected chi connectivity index (χ1v) is 18.6. The fourth-order valence-electron chi connectivity index (χ4n) is 7.53. The van der Waals surface area contributed by atoms with Gasteiger partial charge in [-0.25, -0.2) is 0 Å². The summed E-state index contributed by atoms with van der Waals surface area (Å²) in [5, 5.41) is 11.3. The topological polar surface area (TPSA) is 112 Å². The average Bonchev–Trinajstić information content (AvgIpc) is 3.51. The smallest absolute Gasteiger partial charge is 0.417 e. The van der Waals surface area contributed by atoms with Crippen LogP contribution in [0.15, 0.2) is 60.7 Å². The lowest BCUT2D eigenvalue weighted by atomic mass is 10.1. The molecule has 1 unspecified atom stereocenters. The van der Waals surface area contributed by atoms with Crippen LogP contribution in [-0.2, 0) is 22.3 Å². The molecule has 3 heterocycles. The molecule has 0 aliphatic carbocycles. The summed E-state index contributed by atoms with van der Waals surface area (Å²) in [5.41, 5.74) is 2.83. The fourth-order valence-corrected chi connectivity index (χ4v) is 7.53. The van der Waals surface area contributed by atoms with Crippen molar-refractivity contribution in [3.05, 3.63) is 82.9 Å². The number of nitrogens with zero attached hydrogens (tertiary/aromatic N) is 6. The number of fused-ring (bicyclic) bond motifs is 1. The Morgan fingerprint density at radius 3 is 2.13 bits per heavy atom. The molecule has 14 heteroatoms. The maximum absolute atomic E-state index is 13.4. The highest BCUT2D eigenvalue weighted by molar-refractivity contribution is 6.02. The number of rotatable bonds is 14. The van der Waals surface area contributed by atoms with Gasteiger partial charge in [0.1, 0.15) is 11.8 Å². The number of nitriles is 1. The Hall–Kier alpha value is -5.29. The molecule has 6 rings (SSSR count). The lowest BCUT2D eigenvalue weighted by molar-refractivity contribution is -0.137. The van der Waals surface area contributed by atoms with E-state index in [1.54, 1.807) is 17.0 Å². The predicted octanol–water partition coefficient (Wildman–Crippen LogP) is 5.28. The molecule has 0 bridgehead atoms. The average molecular weight is 746 g/mol. The molecule has 54 heavy (non-hydrogen) atoms. The van der Waals surface area contributed by atoms with E-state index >= 15 is 0 Å². The third-order valence-electron chi connectivity index (χ3n) is 10.5. The molecule has 3 aliphatic heterocycles. The minimum atomic E-state index is -4.58. The number of nitrogens with one attached hydrogen (secondary N) is 1. The third kappa shape index (κ3) is 8.90. The summed E-state index contributed by atoms with van der Waals surface area (Å²) in [4.78, 5) is 47.0. The van der Waals surface area contributed by atoms with Crippen molar-refractivity contribution in [1.29, 1.82) is 5.26 Å². The van der Waals surface area contributed by atoms with E-state index in [4.69, 9.17) is 10.00 Å². The van der Waals surface area contributed by atoms with Crippen molar-refractivity contribution in [2.45, 2.75) is 51.4 Å². The fraction of sp³-hybridized carbons (Fsp3) is 0.450. The van der Waals surface area contributed by atoms with Gasteiger partial charge in [-0.3, -0.25) is 24.6 Å². The van der Waals surface area contributed by atoms with Crippen LogP contribution in [-0.4, -0.2) is 99.6 Å². The van der Waals surface area contributed by atoms with Gasteiger partial charge in [0.25, 0.3) is 5.91 Å². The van der Waals surface area contributed by atoms with Gasteiger partial charge in [-0.05, 0) is 92.0 Å². The summed E-state index contributed by atoms with van der Waals surface area (Å²) >= 11 is 0. The van der Waals surface area contributed by atoms with Crippen molar-refractivity contribution in [3.8, 4) is 11.8 Å². The molecule has 3 amide bonds. The normalized spacial score (nSPS) is 16.9. The predicted molar refractivity (Wildman–Crippen MR) is 200 cm³/mol. The Labute approximate surface area is 313 Å². The molecule has 0 spiro atoms. The van der Waals surface area contributed by atoms with Crippen molar-refractivity contribution in [2.75, 3.05) is 80.2 Å². The van der Waals surface area contributed by atoms with E-state index in [0.29, 0.717) is 69.8 Å². The first-order valence-electron chi connectivity index (χ1n) is 18.6. The zero-order chi connectivity index (χ0) is 38.2. The van der Waals surface area contributed by atoms with Crippen molar-refractivity contribution < 1.29 is 32.3 Å². The van der Waals surface area contributed by atoms with Crippen LogP contribution in [0.3, 0.4) is 0 Å². The van der Waals surface area contributed by atoms with Crippen LogP contribution in [0.5, 0.6) is 5.75 Å². The van der Waals surface area contributed by atoms with Crippen LogP contribution in [0, 0.1) is 11.3 Å². The SMILES string of the molecule is CCCC(C(=O)NC=O)N1Cc2cc(N3CCN(CCCCOc4ccc(N5CCN(c6ccc(C#N)c(C(F)(F)F)c6)CC5)cc4)CC3)ccc2C1=O. The largest absolute Gasteiger partial charge is 0.494 e. The second kappa shape index (κ2) is 17.2. The van der Waals surface area contributed by atoms with Crippen LogP contribution in [0.1, 0.15) is 59.7 Å². The van der Waals surface area contributed by atoms with Gasteiger partial charge >= 0.3 is 6.18 Å². The number of hydrogen-bond donors (Lipinski definition) is 1. The highest BCUT2D eigenvalue weighted by Crippen LogP contribution is 2.35.